The summed E-state index contributed by atoms with van der Waals surface area (Å²) in [6, 6.07) is 4.65. The third kappa shape index (κ3) is 1.22. The summed E-state index contributed by atoms with van der Waals surface area (Å²) in [4.78, 5) is 0.323. The van der Waals surface area contributed by atoms with Gasteiger partial charge in [-0.05, 0) is 12.1 Å². The second kappa shape index (κ2) is 2.95. The number of aromatic nitrogens is 3. The first-order valence-electron chi connectivity index (χ1n) is 3.68. The third-order valence-corrected chi connectivity index (χ3v) is 2.26. The van der Waals surface area contributed by atoms with Gasteiger partial charge in [-0.15, -0.1) is 0 Å². The van der Waals surface area contributed by atoms with E-state index in [0.29, 0.717) is 14.0 Å². The summed E-state index contributed by atoms with van der Waals surface area (Å²) in [7, 11) is 0. The Morgan fingerprint density at radius 1 is 1.29 bits per heavy atom. The molecule has 6 nitrogen and oxygen atoms in total. The molecule has 0 aliphatic carbocycles. The maximum atomic E-state index is 11.4. The highest BCUT2D eigenvalue weighted by atomic mass is 79.9. The summed E-state index contributed by atoms with van der Waals surface area (Å²) in [6.07, 6.45) is 0. The molecule has 0 aliphatic rings. The van der Waals surface area contributed by atoms with Crippen LogP contribution in [0, 0.1) is 10.4 Å². The van der Waals surface area contributed by atoms with Crippen LogP contribution < -0.4 is 15.3 Å². The Morgan fingerprint density at radius 2 is 2.00 bits per heavy atom. The number of halogens is 1. The molecule has 0 spiro atoms. The van der Waals surface area contributed by atoms with Gasteiger partial charge in [-0.1, -0.05) is 15.9 Å². The molecule has 0 bridgehead atoms. The molecule has 0 unspecified atom stereocenters. The highest BCUT2D eigenvalue weighted by Gasteiger charge is 2.16. The van der Waals surface area contributed by atoms with E-state index in [-0.39, 0.29) is 17.0 Å². The number of rotatable bonds is 0. The fourth-order valence-corrected chi connectivity index (χ4v) is 1.48. The van der Waals surface area contributed by atoms with Gasteiger partial charge in [0.2, 0.25) is 5.10 Å². The van der Waals surface area contributed by atoms with Crippen molar-refractivity contribution in [3.63, 3.8) is 0 Å². The largest absolute Gasteiger partial charge is 0.739 e. The number of benzene rings is 1. The van der Waals surface area contributed by atoms with Gasteiger partial charge in [0.05, 0.1) is 0 Å². The highest BCUT2D eigenvalue weighted by molar-refractivity contribution is 9.10. The third-order valence-electron chi connectivity index (χ3n) is 1.76. The topological polar surface area (TPSA) is 92.8 Å². The number of hydrogen-bond donors (Lipinski definition) is 1. The molecule has 0 atom stereocenters. The lowest BCUT2D eigenvalue weighted by atomic mass is 10.3. The number of anilines is 1. The Kier molecular flexibility index (Phi) is 1.88. The van der Waals surface area contributed by atoms with Crippen LogP contribution in [0.15, 0.2) is 22.7 Å². The summed E-state index contributed by atoms with van der Waals surface area (Å²) < 4.78 is 1.11. The summed E-state index contributed by atoms with van der Waals surface area (Å²) in [5, 5.41) is 25.9. The van der Waals surface area contributed by atoms with E-state index in [2.05, 4.69) is 21.0 Å². The fourth-order valence-electron chi connectivity index (χ4n) is 1.13. The molecule has 0 radical (unpaired) electrons. The molecule has 2 aromatic rings. The van der Waals surface area contributed by atoms with Crippen molar-refractivity contribution in [2.75, 3.05) is 5.73 Å². The van der Waals surface area contributed by atoms with Crippen LogP contribution in [0.4, 0.5) is 5.95 Å². The summed E-state index contributed by atoms with van der Waals surface area (Å²) in [5.74, 6) is -0.366. The molecule has 0 amide bonds. The van der Waals surface area contributed by atoms with Gasteiger partial charge < -0.3 is 10.4 Å². The first-order chi connectivity index (χ1) is 6.59. The smallest absolute Gasteiger partial charge is 0.458 e. The molecule has 1 aromatic carbocycles. The summed E-state index contributed by atoms with van der Waals surface area (Å²) >= 11 is 3.19. The molecular weight excluding hydrogens is 252 g/mol. The first kappa shape index (κ1) is 8.95. The molecule has 14 heavy (non-hydrogen) atoms. The number of fused-ring (bicyclic) bond motifs is 1. The van der Waals surface area contributed by atoms with Gasteiger partial charge in [-0.25, -0.2) is 4.73 Å². The van der Waals surface area contributed by atoms with Crippen LogP contribution in [-0.2, 0) is 0 Å². The monoisotopic (exact) mass is 256 g/mol. The Labute approximate surface area is 86.9 Å². The van der Waals surface area contributed by atoms with E-state index in [0.717, 1.165) is 0 Å². The van der Waals surface area contributed by atoms with Crippen LogP contribution in [-0.4, -0.2) is 5.10 Å². The Bertz CT molecular complexity index is 517. The van der Waals surface area contributed by atoms with Crippen LogP contribution in [0.25, 0.3) is 11.0 Å². The quantitative estimate of drug-likeness (QED) is 0.524. The standard InChI is InChI=1S/C7H5BrN4O2/c8-4-1-2-5-6(3-4)12(14)10-7(9)11(5)13/h1-3H,(H2,9,10). The van der Waals surface area contributed by atoms with E-state index < -0.39 is 0 Å². The molecule has 1 aromatic heterocycles. The SMILES string of the molecule is Nc1n[n+]([O-])c2cc(Br)ccc2[n+]1[O-]. The first-order valence-corrected chi connectivity index (χ1v) is 4.47. The molecule has 7 heteroatoms. The minimum atomic E-state index is -0.366. The zero-order valence-electron chi connectivity index (χ0n) is 6.85. The molecule has 72 valence electrons. The van der Waals surface area contributed by atoms with Crippen molar-refractivity contribution in [1.82, 2.24) is 5.10 Å². The predicted molar refractivity (Wildman–Crippen MR) is 51.8 cm³/mol. The summed E-state index contributed by atoms with van der Waals surface area (Å²) in [5.41, 5.74) is 5.59. The van der Waals surface area contributed by atoms with Gasteiger partial charge >= 0.3 is 11.5 Å². The Morgan fingerprint density at radius 3 is 2.71 bits per heavy atom. The van der Waals surface area contributed by atoms with Crippen molar-refractivity contribution < 1.29 is 9.58 Å². The van der Waals surface area contributed by atoms with Gasteiger partial charge in [0.1, 0.15) is 0 Å². The van der Waals surface area contributed by atoms with E-state index in [1.165, 1.54) is 12.1 Å². The molecule has 2 rings (SSSR count). The van der Waals surface area contributed by atoms with E-state index in [4.69, 9.17) is 5.73 Å². The second-order valence-corrected chi connectivity index (χ2v) is 3.57. The molecule has 1 heterocycles. The van der Waals surface area contributed by atoms with Gasteiger partial charge in [-0.2, -0.15) is 0 Å². The zero-order chi connectivity index (χ0) is 10.3. The van der Waals surface area contributed by atoms with E-state index in [1.54, 1.807) is 6.07 Å². The lowest BCUT2D eigenvalue weighted by molar-refractivity contribution is -0.672. The average Bonchev–Trinajstić information content (AvgIpc) is 2.14. The van der Waals surface area contributed by atoms with Crippen molar-refractivity contribution in [2.45, 2.75) is 0 Å². The number of hydrogen-bond acceptors (Lipinski definition) is 4. The number of nitrogens with two attached hydrogens (primary N) is 1. The minimum absolute atomic E-state index is 0.170. The fraction of sp³-hybridized carbons (Fsp3) is 0. The number of nitrogen functional groups attached to an aromatic ring is 1. The van der Waals surface area contributed by atoms with Crippen LogP contribution in [0.2, 0.25) is 0 Å². The van der Waals surface area contributed by atoms with Crippen molar-refractivity contribution in [2.24, 2.45) is 0 Å². The van der Waals surface area contributed by atoms with Gasteiger partial charge in [-0.3, -0.25) is 5.73 Å². The van der Waals surface area contributed by atoms with E-state index >= 15 is 0 Å². The molecule has 0 fully saturated rings. The second-order valence-electron chi connectivity index (χ2n) is 2.66. The van der Waals surface area contributed by atoms with E-state index in [9.17, 15) is 10.4 Å². The van der Waals surface area contributed by atoms with Crippen LogP contribution in [0.1, 0.15) is 0 Å². The Hall–Kier alpha value is -1.63. The molecule has 0 aliphatic heterocycles. The maximum Gasteiger partial charge on any atom is 0.458 e. The minimum Gasteiger partial charge on any atom is -0.739 e. The van der Waals surface area contributed by atoms with Gasteiger partial charge in [0, 0.05) is 15.4 Å². The van der Waals surface area contributed by atoms with Gasteiger partial charge in [0.25, 0.3) is 0 Å². The van der Waals surface area contributed by atoms with Crippen molar-refractivity contribution in [3.8, 4) is 0 Å². The van der Waals surface area contributed by atoms with Crippen molar-refractivity contribution in [1.29, 1.82) is 0 Å². The average molecular weight is 257 g/mol. The normalized spacial score (nSPS) is 10.6. The molecule has 2 N–H and O–H groups in total. The Balaban J connectivity index is 2.94. The van der Waals surface area contributed by atoms with Crippen LogP contribution >= 0.6 is 15.9 Å². The molecular formula is C7H5BrN4O2. The predicted octanol–water partition coefficient (Wildman–Crippen LogP) is -0.154. The van der Waals surface area contributed by atoms with E-state index in [1.807, 2.05) is 0 Å². The van der Waals surface area contributed by atoms with Crippen molar-refractivity contribution in [3.05, 3.63) is 33.1 Å². The maximum absolute atomic E-state index is 11.4. The lowest BCUT2D eigenvalue weighted by Gasteiger charge is -2.06. The lowest BCUT2D eigenvalue weighted by Crippen LogP contribution is -2.44. The van der Waals surface area contributed by atoms with Gasteiger partial charge in [0.15, 0.2) is 5.52 Å². The highest BCUT2D eigenvalue weighted by Crippen LogP contribution is 2.14. The van der Waals surface area contributed by atoms with Crippen LogP contribution in [0.5, 0.6) is 0 Å². The summed E-state index contributed by atoms with van der Waals surface area (Å²) in [6.45, 7) is 0. The van der Waals surface area contributed by atoms with Crippen LogP contribution in [0.3, 0.4) is 0 Å². The molecule has 0 saturated carbocycles. The number of nitrogens with zero attached hydrogens (tertiary/aromatic N) is 3. The zero-order valence-corrected chi connectivity index (χ0v) is 8.43. The van der Waals surface area contributed by atoms with Crippen molar-refractivity contribution >= 4 is 32.9 Å². The molecule has 0 saturated heterocycles.